The summed E-state index contributed by atoms with van der Waals surface area (Å²) in [4.78, 5) is 0. The summed E-state index contributed by atoms with van der Waals surface area (Å²) in [5.41, 5.74) is 5.32. The third-order valence-corrected chi connectivity index (χ3v) is 8.38. The highest BCUT2D eigenvalue weighted by molar-refractivity contribution is 5.84. The molecule has 1 heteroatoms. The molecule has 7 rings (SSSR count). The zero-order valence-electron chi connectivity index (χ0n) is 17.6. The monoisotopic (exact) mass is 382 g/mol. The highest BCUT2D eigenvalue weighted by Crippen LogP contribution is 2.66. The number of hydrogen-bond acceptors (Lipinski definition) is 1. The lowest BCUT2D eigenvalue weighted by Crippen LogP contribution is -2.55. The fourth-order valence-corrected chi connectivity index (χ4v) is 7.53. The van der Waals surface area contributed by atoms with Crippen LogP contribution in [-0.2, 0) is 10.8 Å². The van der Waals surface area contributed by atoms with Gasteiger partial charge in [0.15, 0.2) is 0 Å². The first-order valence-corrected chi connectivity index (χ1v) is 11.2. The summed E-state index contributed by atoms with van der Waals surface area (Å²) in [5.74, 6) is 2.73. The lowest BCUT2D eigenvalue weighted by atomic mass is 9.41. The van der Waals surface area contributed by atoms with E-state index in [1.54, 1.807) is 18.2 Å². The molecule has 0 spiro atoms. The first-order chi connectivity index (χ1) is 14.1. The van der Waals surface area contributed by atoms with Gasteiger partial charge < -0.3 is 4.74 Å². The lowest BCUT2D eigenvalue weighted by Gasteiger charge is -2.63. The van der Waals surface area contributed by atoms with Crippen LogP contribution >= 0.6 is 0 Å². The van der Waals surface area contributed by atoms with Crippen LogP contribution in [0, 0.1) is 18.8 Å². The molecule has 2 unspecified atom stereocenters. The number of hydrogen-bond donors (Lipinski definition) is 0. The van der Waals surface area contributed by atoms with Crippen molar-refractivity contribution in [3.05, 3.63) is 77.4 Å². The molecule has 29 heavy (non-hydrogen) atoms. The molecule has 0 N–H and O–H groups in total. The second-order valence-electron chi connectivity index (χ2n) is 10.3. The maximum atomic E-state index is 5.42. The third-order valence-electron chi connectivity index (χ3n) is 8.38. The van der Waals surface area contributed by atoms with Crippen molar-refractivity contribution in [1.82, 2.24) is 0 Å². The number of rotatable bonds is 3. The SMILES string of the molecule is COc1ccc2cc(C34C[C@@H]5C[C@@H](CC(c6ccc(C)cc6)(C5)C3)C4)ccc2c1. The largest absolute Gasteiger partial charge is 0.497 e. The van der Waals surface area contributed by atoms with E-state index in [0.717, 1.165) is 17.6 Å². The summed E-state index contributed by atoms with van der Waals surface area (Å²) in [5, 5.41) is 2.63. The minimum absolute atomic E-state index is 0.364. The van der Waals surface area contributed by atoms with E-state index in [1.165, 1.54) is 54.9 Å². The van der Waals surface area contributed by atoms with Gasteiger partial charge in [0.2, 0.25) is 0 Å². The minimum Gasteiger partial charge on any atom is -0.497 e. The number of aryl methyl sites for hydroxylation is 1. The topological polar surface area (TPSA) is 9.23 Å². The maximum Gasteiger partial charge on any atom is 0.119 e. The summed E-state index contributed by atoms with van der Waals surface area (Å²) in [6, 6.07) is 23.2. The van der Waals surface area contributed by atoms with Crippen molar-refractivity contribution in [2.75, 3.05) is 7.11 Å². The van der Waals surface area contributed by atoms with Gasteiger partial charge in [-0.05, 0) is 102 Å². The predicted molar refractivity (Wildman–Crippen MR) is 120 cm³/mol. The first kappa shape index (κ1) is 17.6. The van der Waals surface area contributed by atoms with Crippen molar-refractivity contribution in [1.29, 1.82) is 0 Å². The van der Waals surface area contributed by atoms with E-state index in [-0.39, 0.29) is 0 Å². The second kappa shape index (κ2) is 6.11. The van der Waals surface area contributed by atoms with Crippen LogP contribution < -0.4 is 4.74 Å². The van der Waals surface area contributed by atoms with E-state index in [2.05, 4.69) is 67.6 Å². The highest BCUT2D eigenvalue weighted by atomic mass is 16.5. The molecule has 4 aliphatic rings. The Morgan fingerprint density at radius 3 is 2.00 bits per heavy atom. The highest BCUT2D eigenvalue weighted by Gasteiger charge is 2.58. The third kappa shape index (κ3) is 2.66. The summed E-state index contributed by atoms with van der Waals surface area (Å²) in [7, 11) is 1.75. The molecule has 4 aliphatic carbocycles. The molecule has 148 valence electrons. The van der Waals surface area contributed by atoms with Gasteiger partial charge in [0.1, 0.15) is 5.75 Å². The number of benzene rings is 3. The molecule has 0 saturated heterocycles. The van der Waals surface area contributed by atoms with Gasteiger partial charge in [-0.2, -0.15) is 0 Å². The Balaban J connectivity index is 1.44. The van der Waals surface area contributed by atoms with Gasteiger partial charge in [-0.1, -0.05) is 54.1 Å². The van der Waals surface area contributed by atoms with E-state index in [4.69, 9.17) is 4.74 Å². The van der Waals surface area contributed by atoms with Crippen molar-refractivity contribution in [2.24, 2.45) is 11.8 Å². The molecule has 0 amide bonds. The molecule has 1 nitrogen and oxygen atoms in total. The summed E-state index contributed by atoms with van der Waals surface area (Å²) in [6.07, 6.45) is 8.37. The molecule has 4 saturated carbocycles. The molecule has 0 aromatic heterocycles. The van der Waals surface area contributed by atoms with E-state index < -0.39 is 0 Å². The van der Waals surface area contributed by atoms with Crippen molar-refractivity contribution < 1.29 is 4.74 Å². The van der Waals surface area contributed by atoms with Crippen LogP contribution in [0.4, 0.5) is 0 Å². The average molecular weight is 383 g/mol. The van der Waals surface area contributed by atoms with Gasteiger partial charge in [0.25, 0.3) is 0 Å². The minimum atomic E-state index is 0.364. The van der Waals surface area contributed by atoms with Crippen LogP contribution in [0.1, 0.15) is 55.2 Å². The van der Waals surface area contributed by atoms with Crippen molar-refractivity contribution in [3.8, 4) is 5.75 Å². The lowest BCUT2D eigenvalue weighted by molar-refractivity contribution is -0.0280. The summed E-state index contributed by atoms with van der Waals surface area (Å²) < 4.78 is 5.42. The Morgan fingerprint density at radius 1 is 0.724 bits per heavy atom. The quantitative estimate of drug-likeness (QED) is 0.476. The number of ether oxygens (including phenoxy) is 1. The smallest absolute Gasteiger partial charge is 0.119 e. The second-order valence-corrected chi connectivity index (χ2v) is 10.3. The molecule has 4 bridgehead atoms. The van der Waals surface area contributed by atoms with E-state index in [9.17, 15) is 0 Å². The fraction of sp³-hybridized carbons (Fsp3) is 0.429. The Hall–Kier alpha value is -2.28. The van der Waals surface area contributed by atoms with Crippen LogP contribution in [0.25, 0.3) is 10.8 Å². The van der Waals surface area contributed by atoms with Crippen LogP contribution in [0.2, 0.25) is 0 Å². The molecular formula is C28H30O. The van der Waals surface area contributed by atoms with Crippen LogP contribution in [-0.4, -0.2) is 7.11 Å². The number of methoxy groups -OCH3 is 1. The van der Waals surface area contributed by atoms with Crippen LogP contribution in [0.3, 0.4) is 0 Å². The Morgan fingerprint density at radius 2 is 1.31 bits per heavy atom. The zero-order valence-corrected chi connectivity index (χ0v) is 17.6. The zero-order chi connectivity index (χ0) is 19.6. The Kier molecular flexibility index (Phi) is 3.70. The van der Waals surface area contributed by atoms with Crippen molar-refractivity contribution >= 4 is 10.8 Å². The maximum absolute atomic E-state index is 5.42. The van der Waals surface area contributed by atoms with E-state index >= 15 is 0 Å². The van der Waals surface area contributed by atoms with Gasteiger partial charge in [-0.25, -0.2) is 0 Å². The van der Waals surface area contributed by atoms with Gasteiger partial charge in [-0.3, -0.25) is 0 Å². The summed E-state index contributed by atoms with van der Waals surface area (Å²) in [6.45, 7) is 2.20. The molecular weight excluding hydrogens is 352 g/mol. The number of fused-ring (bicyclic) bond motifs is 1. The van der Waals surface area contributed by atoms with E-state index in [1.807, 2.05) is 0 Å². The Bertz CT molecular complexity index is 1060. The molecule has 0 aliphatic heterocycles. The fourth-order valence-electron chi connectivity index (χ4n) is 7.53. The molecule has 3 aromatic carbocycles. The molecule has 4 atom stereocenters. The molecule has 4 fully saturated rings. The molecule has 0 heterocycles. The van der Waals surface area contributed by atoms with Crippen LogP contribution in [0.15, 0.2) is 60.7 Å². The van der Waals surface area contributed by atoms with Gasteiger partial charge in [-0.15, -0.1) is 0 Å². The molecule has 3 aromatic rings. The standard InChI is InChI=1S/C28H30O/c1-19-3-7-24(8-4-19)27-14-20-11-21(15-27)17-28(16-20,18-27)25-9-5-23-13-26(29-2)10-6-22(23)12-25/h3-10,12-13,20-21H,11,14-18H2,1-2H3/t20-,21+,27?,28?. The summed E-state index contributed by atoms with van der Waals surface area (Å²) >= 11 is 0. The van der Waals surface area contributed by atoms with Gasteiger partial charge >= 0.3 is 0 Å². The van der Waals surface area contributed by atoms with Crippen molar-refractivity contribution in [2.45, 2.75) is 56.3 Å². The predicted octanol–water partition coefficient (Wildman–Crippen LogP) is 6.95. The average Bonchev–Trinajstić information content (AvgIpc) is 2.72. The first-order valence-electron chi connectivity index (χ1n) is 11.2. The van der Waals surface area contributed by atoms with E-state index in [0.29, 0.717) is 10.8 Å². The van der Waals surface area contributed by atoms with Crippen molar-refractivity contribution in [3.63, 3.8) is 0 Å². The normalized spacial score (nSPS) is 32.6. The van der Waals surface area contributed by atoms with Gasteiger partial charge in [0.05, 0.1) is 7.11 Å². The van der Waals surface area contributed by atoms with Crippen LogP contribution in [0.5, 0.6) is 5.75 Å². The molecule has 0 radical (unpaired) electrons. The van der Waals surface area contributed by atoms with Gasteiger partial charge in [0, 0.05) is 0 Å². The Labute approximate surface area is 174 Å².